The normalized spacial score (nSPS) is 15.5. The molecule has 108 valence electrons. The fourth-order valence-electron chi connectivity index (χ4n) is 2.48. The molecule has 0 radical (unpaired) electrons. The van der Waals surface area contributed by atoms with E-state index in [1.807, 2.05) is 11.0 Å². The average Bonchev–Trinajstić information content (AvgIpc) is 2.86. The monoisotopic (exact) mass is 274 g/mol. The van der Waals surface area contributed by atoms with E-state index in [-0.39, 0.29) is 5.75 Å². The van der Waals surface area contributed by atoms with E-state index >= 15 is 0 Å². The maximum absolute atomic E-state index is 10.4. The second-order valence-electron chi connectivity index (χ2n) is 5.03. The first-order valence-corrected chi connectivity index (χ1v) is 7.17. The maximum Gasteiger partial charge on any atom is 0.127 e. The fourth-order valence-corrected chi connectivity index (χ4v) is 2.48. The molecule has 2 N–H and O–H groups in total. The van der Waals surface area contributed by atoms with Crippen LogP contribution in [-0.2, 0) is 0 Å². The van der Waals surface area contributed by atoms with Gasteiger partial charge in [-0.1, -0.05) is 13.8 Å². The standard InChI is InChI=1S/C16H22N2O2/c1-3-7-18(8-4-2)16(20)10-12-9-13(19)11-15-14(12)5-6-17-15/h5-6,9-11,16,19-20H,3-4,7-8H2,1-2H3/b12-10-. The second-order valence-corrected chi connectivity index (χ2v) is 5.03. The summed E-state index contributed by atoms with van der Waals surface area (Å²) in [5.41, 5.74) is 0.751. The Morgan fingerprint density at radius 3 is 2.60 bits per heavy atom. The Bertz CT molecular complexity index is 602. The van der Waals surface area contributed by atoms with Crippen LogP contribution in [0.3, 0.4) is 0 Å². The third-order valence-electron chi connectivity index (χ3n) is 3.35. The molecule has 0 fully saturated rings. The van der Waals surface area contributed by atoms with Gasteiger partial charge < -0.3 is 10.2 Å². The van der Waals surface area contributed by atoms with Gasteiger partial charge in [0.1, 0.15) is 12.0 Å². The van der Waals surface area contributed by atoms with Gasteiger partial charge in [0.25, 0.3) is 0 Å². The lowest BCUT2D eigenvalue weighted by Crippen LogP contribution is -2.37. The lowest BCUT2D eigenvalue weighted by atomic mass is 10.1. The fraction of sp³-hybridized carbons (Fsp3) is 0.438. The molecule has 0 bridgehead atoms. The van der Waals surface area contributed by atoms with E-state index in [0.717, 1.165) is 42.1 Å². The van der Waals surface area contributed by atoms with Gasteiger partial charge in [-0.05, 0) is 36.3 Å². The van der Waals surface area contributed by atoms with E-state index in [1.54, 1.807) is 24.4 Å². The molecule has 4 heteroatoms. The first-order valence-electron chi connectivity index (χ1n) is 7.17. The molecule has 4 nitrogen and oxygen atoms in total. The van der Waals surface area contributed by atoms with Gasteiger partial charge in [0.05, 0.1) is 5.69 Å². The van der Waals surface area contributed by atoms with Gasteiger partial charge in [-0.15, -0.1) is 0 Å². The molecule has 1 aliphatic rings. The van der Waals surface area contributed by atoms with Crippen molar-refractivity contribution in [3.63, 3.8) is 0 Å². The molecule has 20 heavy (non-hydrogen) atoms. The van der Waals surface area contributed by atoms with Crippen molar-refractivity contribution in [3.8, 4) is 5.75 Å². The number of nitrogens with zero attached hydrogens (tertiary/aromatic N) is 2. The highest BCUT2D eigenvalue weighted by Crippen LogP contribution is 2.13. The van der Waals surface area contributed by atoms with Crippen LogP contribution in [0.5, 0.6) is 5.75 Å². The summed E-state index contributed by atoms with van der Waals surface area (Å²) >= 11 is 0. The largest absolute Gasteiger partial charge is 0.508 e. The van der Waals surface area contributed by atoms with E-state index in [1.165, 1.54) is 0 Å². The zero-order valence-electron chi connectivity index (χ0n) is 12.1. The number of rotatable bonds is 6. The lowest BCUT2D eigenvalue weighted by Gasteiger charge is -2.24. The molecule has 0 aromatic heterocycles. The minimum atomic E-state index is -0.644. The summed E-state index contributed by atoms with van der Waals surface area (Å²) in [5.74, 6) is 0.173. The smallest absolute Gasteiger partial charge is 0.127 e. The van der Waals surface area contributed by atoms with Crippen LogP contribution in [0.4, 0.5) is 5.69 Å². The van der Waals surface area contributed by atoms with E-state index in [2.05, 4.69) is 18.8 Å². The van der Waals surface area contributed by atoms with E-state index in [9.17, 15) is 10.2 Å². The number of benzene rings is 1. The Morgan fingerprint density at radius 2 is 1.95 bits per heavy atom. The predicted octanol–water partition coefficient (Wildman–Crippen LogP) is 1.11. The number of aliphatic imine (C=N–C) groups is 1. The minimum absolute atomic E-state index is 0.173. The topological polar surface area (TPSA) is 56.1 Å². The van der Waals surface area contributed by atoms with Crippen LogP contribution in [0.2, 0.25) is 0 Å². The molecule has 1 unspecified atom stereocenters. The van der Waals surface area contributed by atoms with Crippen molar-refractivity contribution < 1.29 is 10.2 Å². The second kappa shape index (κ2) is 6.68. The van der Waals surface area contributed by atoms with Crippen molar-refractivity contribution in [2.75, 3.05) is 13.1 Å². The van der Waals surface area contributed by atoms with Crippen LogP contribution in [0.1, 0.15) is 26.7 Å². The number of hydrogen-bond donors (Lipinski definition) is 2. The number of fused-ring (bicyclic) bond motifs is 1. The highest BCUT2D eigenvalue weighted by Gasteiger charge is 2.11. The zero-order chi connectivity index (χ0) is 14.5. The number of aromatic hydroxyl groups is 1. The third-order valence-corrected chi connectivity index (χ3v) is 3.35. The Balaban J connectivity index is 2.36. The van der Waals surface area contributed by atoms with Gasteiger partial charge >= 0.3 is 0 Å². The number of aliphatic hydroxyl groups is 1. The quantitative estimate of drug-likeness (QED) is 0.764. The molecule has 1 atom stereocenters. The molecule has 1 aromatic carbocycles. The highest BCUT2D eigenvalue weighted by atomic mass is 16.3. The van der Waals surface area contributed by atoms with Gasteiger partial charge in [-0.3, -0.25) is 9.89 Å². The van der Waals surface area contributed by atoms with Gasteiger partial charge in [0, 0.05) is 30.6 Å². The lowest BCUT2D eigenvalue weighted by molar-refractivity contribution is 0.0538. The summed E-state index contributed by atoms with van der Waals surface area (Å²) in [6, 6.07) is 3.30. The van der Waals surface area contributed by atoms with Crippen LogP contribution in [0, 0.1) is 0 Å². The van der Waals surface area contributed by atoms with Gasteiger partial charge in [0.15, 0.2) is 0 Å². The molecule has 0 saturated carbocycles. The van der Waals surface area contributed by atoms with E-state index < -0.39 is 6.23 Å². The number of phenols is 1. The molecule has 1 heterocycles. The minimum Gasteiger partial charge on any atom is -0.508 e. The van der Waals surface area contributed by atoms with Crippen molar-refractivity contribution in [1.29, 1.82) is 0 Å². The Hall–Kier alpha value is -1.65. The van der Waals surface area contributed by atoms with Crippen molar-refractivity contribution >= 4 is 24.1 Å². The summed E-state index contributed by atoms with van der Waals surface area (Å²) in [6.07, 6.45) is 6.75. The first-order chi connectivity index (χ1) is 9.65. The summed E-state index contributed by atoms with van der Waals surface area (Å²) < 4.78 is 0. The summed E-state index contributed by atoms with van der Waals surface area (Å²) in [4.78, 5) is 6.22. The molecule has 0 aliphatic carbocycles. The Morgan fingerprint density at radius 1 is 1.25 bits per heavy atom. The van der Waals surface area contributed by atoms with Crippen LogP contribution >= 0.6 is 0 Å². The molecule has 0 spiro atoms. The molecule has 0 saturated heterocycles. The van der Waals surface area contributed by atoms with Gasteiger partial charge in [0.2, 0.25) is 0 Å². The SMILES string of the molecule is CCCN(CCC)C(O)/C=c1/cc(O)cc2c1=CC=N2. The van der Waals surface area contributed by atoms with Crippen LogP contribution in [-0.4, -0.2) is 40.6 Å². The van der Waals surface area contributed by atoms with Crippen molar-refractivity contribution in [2.24, 2.45) is 4.99 Å². The molecule has 0 amide bonds. The Labute approximate surface area is 119 Å². The van der Waals surface area contributed by atoms with Crippen LogP contribution in [0.15, 0.2) is 17.1 Å². The van der Waals surface area contributed by atoms with Crippen LogP contribution < -0.4 is 10.4 Å². The number of phenolic OH excluding ortho intramolecular Hbond substituents is 1. The number of hydrogen-bond acceptors (Lipinski definition) is 4. The molecular weight excluding hydrogens is 252 g/mol. The summed E-state index contributed by atoms with van der Waals surface area (Å²) in [7, 11) is 0. The zero-order valence-corrected chi connectivity index (χ0v) is 12.1. The molecule has 1 aromatic rings. The number of aliphatic hydroxyl groups excluding tert-OH is 1. The summed E-state index contributed by atoms with van der Waals surface area (Å²) in [5, 5.41) is 21.9. The molecule has 1 aliphatic heterocycles. The highest BCUT2D eigenvalue weighted by molar-refractivity contribution is 5.97. The van der Waals surface area contributed by atoms with Crippen molar-refractivity contribution in [1.82, 2.24) is 4.90 Å². The van der Waals surface area contributed by atoms with Crippen molar-refractivity contribution in [2.45, 2.75) is 32.9 Å². The van der Waals surface area contributed by atoms with Gasteiger partial charge in [-0.25, -0.2) is 0 Å². The van der Waals surface area contributed by atoms with E-state index in [4.69, 9.17) is 0 Å². The summed E-state index contributed by atoms with van der Waals surface area (Å²) in [6.45, 7) is 5.91. The molecule has 2 rings (SSSR count). The van der Waals surface area contributed by atoms with Crippen LogP contribution in [0.25, 0.3) is 12.2 Å². The Kier molecular flexibility index (Phi) is 4.93. The van der Waals surface area contributed by atoms with Crippen molar-refractivity contribution in [3.05, 3.63) is 22.6 Å². The van der Waals surface area contributed by atoms with Gasteiger partial charge in [-0.2, -0.15) is 0 Å². The van der Waals surface area contributed by atoms with E-state index in [0.29, 0.717) is 0 Å². The third kappa shape index (κ3) is 3.26. The first kappa shape index (κ1) is 14.8. The maximum atomic E-state index is 10.4. The predicted molar refractivity (Wildman–Crippen MR) is 82.6 cm³/mol. The average molecular weight is 274 g/mol. The molecular formula is C16H22N2O2.